The Bertz CT molecular complexity index is 712. The quantitative estimate of drug-likeness (QED) is 0.759. The maximum atomic E-state index is 5.93. The summed E-state index contributed by atoms with van der Waals surface area (Å²) in [5, 5.41) is 2.56. The molecule has 1 unspecified atom stereocenters. The van der Waals surface area contributed by atoms with Crippen LogP contribution in [0, 0.1) is 0 Å². The Morgan fingerprint density at radius 1 is 1.11 bits per heavy atom. The van der Waals surface area contributed by atoms with Gasteiger partial charge < -0.3 is 10.5 Å². The van der Waals surface area contributed by atoms with E-state index in [2.05, 4.69) is 42.5 Å². The summed E-state index contributed by atoms with van der Waals surface area (Å²) in [7, 11) is 0. The minimum atomic E-state index is 0.332. The minimum absolute atomic E-state index is 0.332. The van der Waals surface area contributed by atoms with Crippen molar-refractivity contribution in [1.29, 1.82) is 0 Å². The lowest BCUT2D eigenvalue weighted by molar-refractivity contribution is 0.424. The molecular weight excluding hydrogens is 222 g/mol. The molecule has 88 valence electrons. The SMILES string of the molecule is NC1=CCC2C(=C1)Oc1ccc3ccccc3c12. The number of benzene rings is 2. The molecule has 0 bridgehead atoms. The van der Waals surface area contributed by atoms with Crippen molar-refractivity contribution < 1.29 is 4.74 Å². The Morgan fingerprint density at radius 3 is 2.94 bits per heavy atom. The first kappa shape index (κ1) is 9.77. The lowest BCUT2D eigenvalue weighted by Crippen LogP contribution is -2.07. The molecule has 0 amide bonds. The van der Waals surface area contributed by atoms with Gasteiger partial charge in [-0.25, -0.2) is 0 Å². The number of rotatable bonds is 0. The predicted octanol–water partition coefficient (Wildman–Crippen LogP) is 3.45. The van der Waals surface area contributed by atoms with Gasteiger partial charge in [0.05, 0.1) is 5.92 Å². The van der Waals surface area contributed by atoms with Crippen molar-refractivity contribution >= 4 is 10.8 Å². The molecule has 0 saturated heterocycles. The lowest BCUT2D eigenvalue weighted by atomic mass is 9.88. The zero-order chi connectivity index (χ0) is 12.1. The highest BCUT2D eigenvalue weighted by Crippen LogP contribution is 2.47. The molecule has 4 rings (SSSR count). The fraction of sp³-hybridized carbons (Fsp3) is 0.125. The lowest BCUT2D eigenvalue weighted by Gasteiger charge is -2.14. The minimum Gasteiger partial charge on any atom is -0.461 e. The van der Waals surface area contributed by atoms with E-state index in [1.807, 2.05) is 6.08 Å². The Labute approximate surface area is 105 Å². The molecule has 2 aliphatic rings. The summed E-state index contributed by atoms with van der Waals surface area (Å²) in [6.07, 6.45) is 4.95. The summed E-state index contributed by atoms with van der Waals surface area (Å²) in [5.74, 6) is 2.30. The maximum Gasteiger partial charge on any atom is 0.131 e. The van der Waals surface area contributed by atoms with Crippen LogP contribution in [0.5, 0.6) is 5.75 Å². The van der Waals surface area contributed by atoms with Crippen molar-refractivity contribution in [2.75, 3.05) is 0 Å². The van der Waals surface area contributed by atoms with Gasteiger partial charge in [0.25, 0.3) is 0 Å². The van der Waals surface area contributed by atoms with Gasteiger partial charge in [0.15, 0.2) is 0 Å². The van der Waals surface area contributed by atoms with Gasteiger partial charge >= 0.3 is 0 Å². The molecule has 0 spiro atoms. The van der Waals surface area contributed by atoms with Crippen molar-refractivity contribution in [1.82, 2.24) is 0 Å². The van der Waals surface area contributed by atoms with Crippen molar-refractivity contribution in [2.45, 2.75) is 12.3 Å². The molecule has 0 fully saturated rings. The van der Waals surface area contributed by atoms with Gasteiger partial charge in [-0.1, -0.05) is 36.4 Å². The predicted molar refractivity (Wildman–Crippen MR) is 72.3 cm³/mol. The van der Waals surface area contributed by atoms with E-state index in [0.717, 1.165) is 23.6 Å². The second-order valence-corrected chi connectivity index (χ2v) is 4.84. The highest BCUT2D eigenvalue weighted by molar-refractivity contribution is 5.89. The number of hydrogen-bond acceptors (Lipinski definition) is 2. The Morgan fingerprint density at radius 2 is 2.00 bits per heavy atom. The zero-order valence-electron chi connectivity index (χ0n) is 9.89. The van der Waals surface area contributed by atoms with Crippen LogP contribution in [0.4, 0.5) is 0 Å². The maximum absolute atomic E-state index is 5.93. The van der Waals surface area contributed by atoms with E-state index >= 15 is 0 Å². The second-order valence-electron chi connectivity index (χ2n) is 4.84. The van der Waals surface area contributed by atoms with Gasteiger partial charge in [-0.3, -0.25) is 0 Å². The fourth-order valence-electron chi connectivity index (χ4n) is 2.91. The van der Waals surface area contributed by atoms with E-state index in [1.54, 1.807) is 0 Å². The molecule has 2 aromatic carbocycles. The van der Waals surface area contributed by atoms with E-state index in [-0.39, 0.29) is 0 Å². The molecule has 1 heterocycles. The molecule has 2 nitrogen and oxygen atoms in total. The van der Waals surface area contributed by atoms with Gasteiger partial charge in [0, 0.05) is 11.3 Å². The van der Waals surface area contributed by atoms with Crippen LogP contribution in [0.15, 0.2) is 60.0 Å². The molecule has 0 radical (unpaired) electrons. The molecule has 1 atom stereocenters. The molecule has 18 heavy (non-hydrogen) atoms. The summed E-state index contributed by atoms with van der Waals surface area (Å²) >= 11 is 0. The Kier molecular flexibility index (Phi) is 1.84. The summed E-state index contributed by atoms with van der Waals surface area (Å²) in [6.45, 7) is 0. The monoisotopic (exact) mass is 235 g/mol. The molecule has 2 heteroatoms. The van der Waals surface area contributed by atoms with Crippen LogP contribution >= 0.6 is 0 Å². The summed E-state index contributed by atoms with van der Waals surface area (Å²) in [4.78, 5) is 0. The third-order valence-corrected chi connectivity index (χ3v) is 3.75. The average Bonchev–Trinajstić information content (AvgIpc) is 2.76. The Balaban J connectivity index is 1.99. The normalized spacial score (nSPS) is 20.8. The van der Waals surface area contributed by atoms with E-state index in [1.165, 1.54) is 16.3 Å². The Hall–Kier alpha value is -2.22. The fourth-order valence-corrected chi connectivity index (χ4v) is 2.91. The zero-order valence-corrected chi connectivity index (χ0v) is 9.89. The van der Waals surface area contributed by atoms with E-state index in [9.17, 15) is 0 Å². The van der Waals surface area contributed by atoms with Crippen molar-refractivity contribution in [2.24, 2.45) is 5.73 Å². The molecule has 1 aliphatic carbocycles. The number of hydrogen-bond donors (Lipinski definition) is 1. The van der Waals surface area contributed by atoms with E-state index in [0.29, 0.717) is 5.92 Å². The van der Waals surface area contributed by atoms with Gasteiger partial charge in [-0.15, -0.1) is 0 Å². The topological polar surface area (TPSA) is 35.2 Å². The number of fused-ring (bicyclic) bond motifs is 5. The van der Waals surface area contributed by atoms with E-state index in [4.69, 9.17) is 10.5 Å². The van der Waals surface area contributed by atoms with Crippen LogP contribution in [0.3, 0.4) is 0 Å². The first-order valence-corrected chi connectivity index (χ1v) is 6.19. The van der Waals surface area contributed by atoms with Crippen molar-refractivity contribution in [3.05, 3.63) is 65.6 Å². The molecule has 0 saturated carbocycles. The molecule has 1 aliphatic heterocycles. The van der Waals surface area contributed by atoms with Crippen LogP contribution in [-0.2, 0) is 0 Å². The summed E-state index contributed by atoms with van der Waals surface area (Å²) in [5.41, 5.74) is 7.96. The third kappa shape index (κ3) is 1.23. The molecule has 2 N–H and O–H groups in total. The first-order chi connectivity index (χ1) is 8.83. The number of allylic oxidation sites excluding steroid dienone is 3. The summed E-state index contributed by atoms with van der Waals surface area (Å²) in [6, 6.07) is 12.6. The third-order valence-electron chi connectivity index (χ3n) is 3.75. The van der Waals surface area contributed by atoms with Gasteiger partial charge in [-0.05, 0) is 29.3 Å². The molecule has 2 aromatic rings. The van der Waals surface area contributed by atoms with Crippen LogP contribution in [-0.4, -0.2) is 0 Å². The standard InChI is InChI=1S/C16H13NO/c17-11-6-7-13-15(9-11)18-14-8-5-10-3-1-2-4-12(10)16(13)14/h1-6,8-9,13H,7,17H2. The molecular formula is C16H13NO. The number of ether oxygens (including phenoxy) is 1. The van der Waals surface area contributed by atoms with E-state index < -0.39 is 0 Å². The highest BCUT2D eigenvalue weighted by Gasteiger charge is 2.32. The van der Waals surface area contributed by atoms with Crippen LogP contribution in [0.1, 0.15) is 17.9 Å². The van der Waals surface area contributed by atoms with Crippen LogP contribution < -0.4 is 10.5 Å². The van der Waals surface area contributed by atoms with Gasteiger partial charge in [-0.2, -0.15) is 0 Å². The van der Waals surface area contributed by atoms with Crippen LogP contribution in [0.25, 0.3) is 10.8 Å². The first-order valence-electron chi connectivity index (χ1n) is 6.19. The number of nitrogens with two attached hydrogens (primary N) is 1. The second kappa shape index (κ2) is 3.39. The summed E-state index contributed by atoms with van der Waals surface area (Å²) < 4.78 is 5.93. The van der Waals surface area contributed by atoms with Gasteiger partial charge in [0.1, 0.15) is 11.5 Å². The van der Waals surface area contributed by atoms with Crippen molar-refractivity contribution in [3.8, 4) is 5.75 Å². The molecule has 0 aromatic heterocycles. The average molecular weight is 235 g/mol. The van der Waals surface area contributed by atoms with Crippen LogP contribution in [0.2, 0.25) is 0 Å². The van der Waals surface area contributed by atoms with Gasteiger partial charge in [0.2, 0.25) is 0 Å². The largest absolute Gasteiger partial charge is 0.461 e. The van der Waals surface area contributed by atoms with Crippen molar-refractivity contribution in [3.63, 3.8) is 0 Å². The highest BCUT2D eigenvalue weighted by atomic mass is 16.5. The smallest absolute Gasteiger partial charge is 0.131 e.